The molecule has 0 unspecified atom stereocenters. The fourth-order valence-corrected chi connectivity index (χ4v) is 2.60. The molecule has 1 N–H and O–H groups in total. The average Bonchev–Trinajstić information content (AvgIpc) is 2.42. The van der Waals surface area contributed by atoms with Crippen LogP contribution in [0.2, 0.25) is 0 Å². The molecule has 0 heterocycles. The van der Waals surface area contributed by atoms with E-state index in [1.807, 2.05) is 0 Å². The molecule has 100 valence electrons. The summed E-state index contributed by atoms with van der Waals surface area (Å²) in [5.41, 5.74) is -0.901. The van der Waals surface area contributed by atoms with Crippen LogP contribution in [0.3, 0.4) is 0 Å². The van der Waals surface area contributed by atoms with E-state index in [0.717, 1.165) is 25.7 Å². The highest BCUT2D eigenvalue weighted by molar-refractivity contribution is 5.74. The molecular formula is C12H19F3O2. The molecule has 0 aromatic heterocycles. The van der Waals surface area contributed by atoms with Gasteiger partial charge in [0.05, 0.1) is 5.41 Å². The Morgan fingerprint density at radius 3 is 2.06 bits per heavy atom. The minimum absolute atomic E-state index is 0.0736. The normalized spacial score (nSPS) is 20.9. The van der Waals surface area contributed by atoms with Crippen LogP contribution in [0.5, 0.6) is 0 Å². The van der Waals surface area contributed by atoms with Crippen molar-refractivity contribution in [2.24, 2.45) is 5.41 Å². The maximum atomic E-state index is 12.1. The van der Waals surface area contributed by atoms with Gasteiger partial charge in [0.2, 0.25) is 0 Å². The van der Waals surface area contributed by atoms with Crippen molar-refractivity contribution in [3.63, 3.8) is 0 Å². The Balaban J connectivity index is 2.55. The summed E-state index contributed by atoms with van der Waals surface area (Å²) in [7, 11) is 0. The lowest BCUT2D eigenvalue weighted by Gasteiger charge is -2.28. The molecule has 0 aromatic carbocycles. The minimum atomic E-state index is -4.18. The molecule has 1 fully saturated rings. The Morgan fingerprint density at radius 1 is 1.12 bits per heavy atom. The second-order valence-corrected chi connectivity index (χ2v) is 4.97. The first kappa shape index (κ1) is 14.3. The third-order valence-corrected chi connectivity index (χ3v) is 3.63. The van der Waals surface area contributed by atoms with Crippen LogP contribution in [0.15, 0.2) is 0 Å². The molecule has 0 atom stereocenters. The van der Waals surface area contributed by atoms with Crippen LogP contribution in [0.25, 0.3) is 0 Å². The van der Waals surface area contributed by atoms with E-state index in [9.17, 15) is 23.1 Å². The zero-order chi connectivity index (χ0) is 12.9. The molecule has 1 aliphatic carbocycles. The number of halogens is 3. The SMILES string of the molecule is O=C(O)C1(CCCC(F)(F)F)CCCCCC1. The number of carboxylic acids is 1. The molecule has 0 spiro atoms. The number of carbonyl (C=O) groups is 1. The summed E-state index contributed by atoms with van der Waals surface area (Å²) in [5.74, 6) is -0.915. The van der Waals surface area contributed by atoms with Crippen molar-refractivity contribution >= 4 is 5.97 Å². The number of hydrogen-bond donors (Lipinski definition) is 1. The van der Waals surface area contributed by atoms with Crippen molar-refractivity contribution < 1.29 is 23.1 Å². The zero-order valence-electron chi connectivity index (χ0n) is 9.85. The molecule has 17 heavy (non-hydrogen) atoms. The van der Waals surface area contributed by atoms with E-state index in [1.54, 1.807) is 0 Å². The van der Waals surface area contributed by atoms with Crippen molar-refractivity contribution in [1.29, 1.82) is 0 Å². The summed E-state index contributed by atoms with van der Waals surface area (Å²) in [4.78, 5) is 11.3. The first-order valence-corrected chi connectivity index (χ1v) is 6.16. The summed E-state index contributed by atoms with van der Waals surface area (Å²) >= 11 is 0. The highest BCUT2D eigenvalue weighted by Gasteiger charge is 2.39. The van der Waals surface area contributed by atoms with Gasteiger partial charge in [-0.05, 0) is 25.7 Å². The van der Waals surface area contributed by atoms with Crippen molar-refractivity contribution in [2.75, 3.05) is 0 Å². The Kier molecular flexibility index (Phi) is 4.83. The van der Waals surface area contributed by atoms with Gasteiger partial charge in [0.15, 0.2) is 0 Å². The van der Waals surface area contributed by atoms with Gasteiger partial charge < -0.3 is 5.11 Å². The third-order valence-electron chi connectivity index (χ3n) is 3.63. The van der Waals surface area contributed by atoms with Crippen LogP contribution in [0.1, 0.15) is 57.8 Å². The molecule has 5 heteroatoms. The number of carboxylic acid groups (broad SMARTS) is 1. The Labute approximate surface area is 99.2 Å². The van der Waals surface area contributed by atoms with Gasteiger partial charge in [-0.3, -0.25) is 4.79 Å². The Bertz CT molecular complexity index is 253. The second kappa shape index (κ2) is 5.74. The smallest absolute Gasteiger partial charge is 0.389 e. The average molecular weight is 252 g/mol. The third kappa shape index (κ3) is 4.56. The fourth-order valence-electron chi connectivity index (χ4n) is 2.60. The van der Waals surface area contributed by atoms with Crippen molar-refractivity contribution in [3.05, 3.63) is 0 Å². The quantitative estimate of drug-likeness (QED) is 0.763. The minimum Gasteiger partial charge on any atom is -0.481 e. The number of aliphatic carboxylic acids is 1. The number of alkyl halides is 3. The predicted octanol–water partition coefficient (Wildman–Crippen LogP) is 4.14. The highest BCUT2D eigenvalue weighted by atomic mass is 19.4. The van der Waals surface area contributed by atoms with Crippen molar-refractivity contribution in [2.45, 2.75) is 64.0 Å². The fraction of sp³-hybridized carbons (Fsp3) is 0.917. The second-order valence-electron chi connectivity index (χ2n) is 4.97. The summed E-state index contributed by atoms with van der Waals surface area (Å²) in [6.07, 6.45) is -0.288. The largest absolute Gasteiger partial charge is 0.481 e. The van der Waals surface area contributed by atoms with Gasteiger partial charge in [0, 0.05) is 6.42 Å². The first-order chi connectivity index (χ1) is 7.86. The van der Waals surface area contributed by atoms with Crippen molar-refractivity contribution in [3.8, 4) is 0 Å². The van der Waals surface area contributed by atoms with E-state index in [1.165, 1.54) is 0 Å². The van der Waals surface area contributed by atoms with Gasteiger partial charge >= 0.3 is 12.1 Å². The van der Waals surface area contributed by atoms with Gasteiger partial charge in [-0.25, -0.2) is 0 Å². The molecule has 1 saturated carbocycles. The Hall–Kier alpha value is -0.740. The van der Waals surface area contributed by atoms with Gasteiger partial charge in [0.25, 0.3) is 0 Å². The van der Waals surface area contributed by atoms with E-state index in [0.29, 0.717) is 12.8 Å². The summed E-state index contributed by atoms with van der Waals surface area (Å²) in [6, 6.07) is 0. The summed E-state index contributed by atoms with van der Waals surface area (Å²) in [6.45, 7) is 0. The molecule has 0 bridgehead atoms. The van der Waals surface area contributed by atoms with Crippen LogP contribution in [-0.4, -0.2) is 17.3 Å². The highest BCUT2D eigenvalue weighted by Crippen LogP contribution is 2.40. The first-order valence-electron chi connectivity index (χ1n) is 6.16. The molecule has 1 aliphatic rings. The maximum absolute atomic E-state index is 12.1. The molecule has 0 saturated heterocycles. The van der Waals surface area contributed by atoms with E-state index < -0.39 is 24.0 Å². The molecule has 2 nitrogen and oxygen atoms in total. The summed E-state index contributed by atoms with van der Waals surface area (Å²) in [5, 5.41) is 9.26. The standard InChI is InChI=1S/C12H19F3O2/c13-12(14,15)9-5-8-11(10(16)17)6-3-1-2-4-7-11/h1-9H2,(H,16,17). The van der Waals surface area contributed by atoms with Crippen LogP contribution >= 0.6 is 0 Å². The van der Waals surface area contributed by atoms with Gasteiger partial charge in [-0.1, -0.05) is 25.7 Å². The van der Waals surface area contributed by atoms with Gasteiger partial charge in [-0.2, -0.15) is 13.2 Å². The monoisotopic (exact) mass is 252 g/mol. The van der Waals surface area contributed by atoms with Crippen molar-refractivity contribution in [1.82, 2.24) is 0 Å². The summed E-state index contributed by atoms with van der Waals surface area (Å²) < 4.78 is 36.2. The molecule has 0 aromatic rings. The van der Waals surface area contributed by atoms with E-state index in [4.69, 9.17) is 0 Å². The lowest BCUT2D eigenvalue weighted by molar-refractivity contribution is -0.153. The molecule has 0 aliphatic heterocycles. The maximum Gasteiger partial charge on any atom is 0.389 e. The van der Waals surface area contributed by atoms with Crippen LogP contribution in [0.4, 0.5) is 13.2 Å². The number of rotatable bonds is 4. The van der Waals surface area contributed by atoms with Gasteiger partial charge in [0.1, 0.15) is 0 Å². The number of hydrogen-bond acceptors (Lipinski definition) is 1. The zero-order valence-corrected chi connectivity index (χ0v) is 9.85. The Morgan fingerprint density at radius 2 is 1.65 bits per heavy atom. The van der Waals surface area contributed by atoms with Crippen LogP contribution in [-0.2, 0) is 4.79 Å². The van der Waals surface area contributed by atoms with E-state index in [2.05, 4.69) is 0 Å². The topological polar surface area (TPSA) is 37.3 Å². The molecule has 1 rings (SSSR count). The van der Waals surface area contributed by atoms with Gasteiger partial charge in [-0.15, -0.1) is 0 Å². The lowest BCUT2D eigenvalue weighted by atomic mass is 9.76. The van der Waals surface area contributed by atoms with Crippen LogP contribution in [0, 0.1) is 5.41 Å². The van der Waals surface area contributed by atoms with E-state index in [-0.39, 0.29) is 12.8 Å². The molecule has 0 radical (unpaired) electrons. The van der Waals surface area contributed by atoms with E-state index >= 15 is 0 Å². The molecule has 0 amide bonds. The predicted molar refractivity (Wildman–Crippen MR) is 57.7 cm³/mol. The molecular weight excluding hydrogens is 233 g/mol. The lowest BCUT2D eigenvalue weighted by Crippen LogP contribution is -2.31. The van der Waals surface area contributed by atoms with Crippen LogP contribution < -0.4 is 0 Å².